The zero-order valence-corrected chi connectivity index (χ0v) is 13.8. The highest BCUT2D eigenvalue weighted by Crippen LogP contribution is 2.25. The van der Waals surface area contributed by atoms with Crippen molar-refractivity contribution in [1.82, 2.24) is 15.2 Å². The lowest BCUT2D eigenvalue weighted by Gasteiger charge is -2.24. The number of benzene rings is 1. The lowest BCUT2D eigenvalue weighted by molar-refractivity contribution is 0.0737. The van der Waals surface area contributed by atoms with Gasteiger partial charge in [-0.25, -0.2) is 4.98 Å². The van der Waals surface area contributed by atoms with Crippen molar-refractivity contribution in [1.29, 1.82) is 0 Å². The maximum atomic E-state index is 12.8. The Labute approximate surface area is 135 Å². The highest BCUT2D eigenvalue weighted by molar-refractivity contribution is 7.09. The number of likely N-dealkylation sites (tertiary alicyclic amines) is 1. The largest absolute Gasteiger partial charge is 0.334 e. The average molecular weight is 315 g/mol. The van der Waals surface area contributed by atoms with E-state index in [2.05, 4.69) is 10.3 Å². The number of hydrogen-bond donors (Lipinski definition) is 1. The Morgan fingerprint density at radius 3 is 3.09 bits per heavy atom. The molecule has 1 N–H and O–H groups in total. The van der Waals surface area contributed by atoms with Crippen LogP contribution in [0.1, 0.15) is 28.2 Å². The van der Waals surface area contributed by atoms with Crippen LogP contribution in [0, 0.1) is 6.92 Å². The Hall–Kier alpha value is -1.72. The summed E-state index contributed by atoms with van der Waals surface area (Å²) in [5.41, 5.74) is 2.72. The van der Waals surface area contributed by atoms with Crippen LogP contribution in [0.25, 0.3) is 11.3 Å². The van der Waals surface area contributed by atoms with E-state index in [1.165, 1.54) is 0 Å². The Bertz CT molecular complexity index is 667. The second-order valence-electron chi connectivity index (χ2n) is 5.68. The molecule has 1 fully saturated rings. The second-order valence-corrected chi connectivity index (χ2v) is 6.75. The predicted molar refractivity (Wildman–Crippen MR) is 90.3 cm³/mol. The van der Waals surface area contributed by atoms with Gasteiger partial charge in [0.05, 0.1) is 10.7 Å². The molecule has 3 rings (SSSR count). The first kappa shape index (κ1) is 15.2. The van der Waals surface area contributed by atoms with Crippen LogP contribution in [0.5, 0.6) is 0 Å². The van der Waals surface area contributed by atoms with Crippen molar-refractivity contribution in [3.05, 3.63) is 40.2 Å². The van der Waals surface area contributed by atoms with Gasteiger partial charge < -0.3 is 10.2 Å². The fourth-order valence-electron chi connectivity index (χ4n) is 3.02. The molecule has 0 bridgehead atoms. The predicted octanol–water partition coefficient (Wildman–Crippen LogP) is 2.94. The van der Waals surface area contributed by atoms with E-state index >= 15 is 0 Å². The summed E-state index contributed by atoms with van der Waals surface area (Å²) in [7, 11) is 1.94. The van der Waals surface area contributed by atoms with E-state index in [9.17, 15) is 4.79 Å². The second kappa shape index (κ2) is 6.58. The van der Waals surface area contributed by atoms with E-state index in [0.717, 1.165) is 47.8 Å². The normalized spacial score (nSPS) is 17.9. The molecule has 0 aliphatic carbocycles. The zero-order valence-electron chi connectivity index (χ0n) is 13.0. The maximum Gasteiger partial charge on any atom is 0.254 e. The van der Waals surface area contributed by atoms with Crippen LogP contribution < -0.4 is 5.32 Å². The minimum atomic E-state index is 0.131. The van der Waals surface area contributed by atoms with Gasteiger partial charge in [0.15, 0.2) is 0 Å². The number of aromatic nitrogens is 1. The van der Waals surface area contributed by atoms with Crippen molar-refractivity contribution in [3.8, 4) is 11.3 Å². The van der Waals surface area contributed by atoms with Crippen molar-refractivity contribution in [2.45, 2.75) is 25.8 Å². The molecule has 1 saturated heterocycles. The first-order valence-electron chi connectivity index (χ1n) is 7.67. The number of aryl methyl sites for hydroxylation is 1. The van der Waals surface area contributed by atoms with Gasteiger partial charge in [-0.05, 0) is 38.9 Å². The molecule has 1 aromatic carbocycles. The van der Waals surface area contributed by atoms with Crippen LogP contribution in [-0.4, -0.2) is 42.0 Å². The number of carbonyl (C=O) groups is 1. The molecular weight excluding hydrogens is 294 g/mol. The van der Waals surface area contributed by atoms with Crippen molar-refractivity contribution in [2.24, 2.45) is 0 Å². The molecule has 22 heavy (non-hydrogen) atoms. The van der Waals surface area contributed by atoms with Crippen LogP contribution in [0.15, 0.2) is 29.6 Å². The number of rotatable bonds is 4. The fourth-order valence-corrected chi connectivity index (χ4v) is 3.65. The van der Waals surface area contributed by atoms with Crippen molar-refractivity contribution in [3.63, 3.8) is 0 Å². The molecule has 0 spiro atoms. The number of carbonyl (C=O) groups excluding carboxylic acids is 1. The highest BCUT2D eigenvalue weighted by Gasteiger charge is 2.28. The van der Waals surface area contributed by atoms with Gasteiger partial charge in [-0.2, -0.15) is 0 Å². The number of amides is 1. The molecule has 0 saturated carbocycles. The third-order valence-corrected chi connectivity index (χ3v) is 4.88. The van der Waals surface area contributed by atoms with Crippen molar-refractivity contribution < 1.29 is 4.79 Å². The van der Waals surface area contributed by atoms with Gasteiger partial charge in [0.1, 0.15) is 0 Å². The van der Waals surface area contributed by atoms with Crippen LogP contribution in [0.4, 0.5) is 0 Å². The quantitative estimate of drug-likeness (QED) is 0.943. The zero-order chi connectivity index (χ0) is 15.5. The first-order chi connectivity index (χ1) is 10.7. The Morgan fingerprint density at radius 1 is 1.50 bits per heavy atom. The van der Waals surface area contributed by atoms with E-state index in [1.54, 1.807) is 11.3 Å². The van der Waals surface area contributed by atoms with Gasteiger partial charge in [0.25, 0.3) is 5.91 Å². The SMILES string of the molecule is CNCC1CCCN1C(=O)c1cccc(-c2csc(C)n2)c1. The van der Waals surface area contributed by atoms with Gasteiger partial charge in [-0.3, -0.25) is 4.79 Å². The molecule has 0 radical (unpaired) electrons. The lowest BCUT2D eigenvalue weighted by Crippen LogP contribution is -2.40. The molecule has 1 aliphatic heterocycles. The van der Waals surface area contributed by atoms with Crippen molar-refractivity contribution in [2.75, 3.05) is 20.1 Å². The fraction of sp³-hybridized carbons (Fsp3) is 0.412. The van der Waals surface area contributed by atoms with E-state index in [0.29, 0.717) is 6.04 Å². The Morgan fingerprint density at radius 2 is 2.36 bits per heavy atom. The summed E-state index contributed by atoms with van der Waals surface area (Å²) in [6, 6.07) is 8.13. The van der Waals surface area contributed by atoms with Crippen LogP contribution >= 0.6 is 11.3 Å². The summed E-state index contributed by atoms with van der Waals surface area (Å²) < 4.78 is 0. The molecule has 1 aliphatic rings. The summed E-state index contributed by atoms with van der Waals surface area (Å²) in [5.74, 6) is 0.131. The van der Waals surface area contributed by atoms with Gasteiger partial charge in [-0.1, -0.05) is 12.1 Å². The van der Waals surface area contributed by atoms with Crippen LogP contribution in [0.3, 0.4) is 0 Å². The summed E-state index contributed by atoms with van der Waals surface area (Å²) in [5, 5.41) is 6.27. The smallest absolute Gasteiger partial charge is 0.254 e. The number of likely N-dealkylation sites (N-methyl/N-ethyl adjacent to an activating group) is 1. The van der Waals surface area contributed by atoms with E-state index in [-0.39, 0.29) is 5.91 Å². The molecule has 2 heterocycles. The summed E-state index contributed by atoms with van der Waals surface area (Å²) >= 11 is 1.63. The van der Waals surface area contributed by atoms with E-state index < -0.39 is 0 Å². The molecule has 1 aromatic heterocycles. The number of nitrogens with zero attached hydrogens (tertiary/aromatic N) is 2. The molecule has 2 aromatic rings. The molecule has 5 heteroatoms. The minimum Gasteiger partial charge on any atom is -0.334 e. The molecule has 1 atom stereocenters. The Balaban J connectivity index is 1.84. The standard InChI is InChI=1S/C17H21N3OS/c1-12-19-16(11-22-12)13-5-3-6-14(9-13)17(21)20-8-4-7-15(20)10-18-2/h3,5-6,9,11,15,18H,4,7-8,10H2,1-2H3. The first-order valence-corrected chi connectivity index (χ1v) is 8.55. The molecule has 116 valence electrons. The molecule has 4 nitrogen and oxygen atoms in total. The summed E-state index contributed by atoms with van der Waals surface area (Å²) in [6.07, 6.45) is 2.17. The van der Waals surface area contributed by atoms with Gasteiger partial charge in [0.2, 0.25) is 0 Å². The third-order valence-electron chi connectivity index (χ3n) is 4.10. The summed E-state index contributed by atoms with van der Waals surface area (Å²) in [6.45, 7) is 3.71. The van der Waals surface area contributed by atoms with E-state index in [4.69, 9.17) is 0 Å². The van der Waals surface area contributed by atoms with Gasteiger partial charge in [-0.15, -0.1) is 11.3 Å². The number of thiazole rings is 1. The maximum absolute atomic E-state index is 12.8. The third kappa shape index (κ3) is 3.05. The van der Waals surface area contributed by atoms with Gasteiger partial charge >= 0.3 is 0 Å². The number of nitrogens with one attached hydrogen (secondary N) is 1. The molecule has 1 unspecified atom stereocenters. The van der Waals surface area contributed by atoms with Crippen LogP contribution in [-0.2, 0) is 0 Å². The lowest BCUT2D eigenvalue weighted by atomic mass is 10.1. The van der Waals surface area contributed by atoms with Crippen molar-refractivity contribution >= 4 is 17.2 Å². The molecular formula is C17H21N3OS. The summed E-state index contributed by atoms with van der Waals surface area (Å²) in [4.78, 5) is 19.3. The topological polar surface area (TPSA) is 45.2 Å². The highest BCUT2D eigenvalue weighted by atomic mass is 32.1. The van der Waals surface area contributed by atoms with Gasteiger partial charge in [0, 0.05) is 35.6 Å². The molecule has 1 amide bonds. The number of hydrogen-bond acceptors (Lipinski definition) is 4. The van der Waals surface area contributed by atoms with E-state index in [1.807, 2.05) is 48.5 Å². The minimum absolute atomic E-state index is 0.131. The average Bonchev–Trinajstić information content (AvgIpc) is 3.16. The monoisotopic (exact) mass is 315 g/mol. The Kier molecular flexibility index (Phi) is 4.55. The van der Waals surface area contributed by atoms with Crippen LogP contribution in [0.2, 0.25) is 0 Å².